The minimum Gasteiger partial charge on any atom is -0.309 e. The standard InChI is InChI=1S/3C42H26N2S/c1-2-11-29(12-3-1)43-36-17-7-4-13-30(36)34-25-27(21-23-38(34)43)28-22-24-39-35(26-28)31-14-5-8-18-37(31)44(39)40-19-10-16-33-32-15-6-9-20-41(32)45-42(33)40;1-2-10-29(11-3-1)43-37-15-7-4-12-31(37)35-24-27(18-22-39(35)43)28-19-23-40-36(25-28)32-13-5-8-16-38(32)44(40)30-20-21-34-33-14-6-9-17-41(33)45-42(34)26-30;1-2-10-29(11-3-1)43-37-15-7-4-12-31(37)34-24-27(18-21-39(34)43)28-19-22-40-35(25-28)32-13-5-8-16-38(32)44(40)30-20-23-42-36(26-30)33-14-6-9-17-41(33)45-42/h3*1-26H. The number of rotatable bonds is 9. The topological polar surface area (TPSA) is 29.6 Å². The molecule has 135 heavy (non-hydrogen) atoms. The maximum Gasteiger partial charge on any atom is 0.0640 e. The third-order valence-electron chi connectivity index (χ3n) is 27.9. The molecule has 9 heterocycles. The van der Waals surface area contributed by atoms with Crippen molar-refractivity contribution >= 4 is 225 Å². The first-order valence-corrected chi connectivity index (χ1v) is 48.5. The van der Waals surface area contributed by atoms with Crippen LogP contribution in [0.5, 0.6) is 0 Å². The van der Waals surface area contributed by atoms with Crippen LogP contribution in [0, 0.1) is 0 Å². The van der Waals surface area contributed by atoms with Crippen molar-refractivity contribution in [2.45, 2.75) is 0 Å². The van der Waals surface area contributed by atoms with E-state index in [1.807, 2.05) is 34.0 Å². The molecule has 9 aromatic heterocycles. The maximum absolute atomic E-state index is 2.46. The van der Waals surface area contributed by atoms with Crippen molar-refractivity contribution in [3.8, 4) is 67.5 Å². The summed E-state index contributed by atoms with van der Waals surface area (Å²) in [5.41, 5.74) is 29.2. The lowest BCUT2D eigenvalue weighted by atomic mass is 10.0. The van der Waals surface area contributed by atoms with Gasteiger partial charge in [-0.3, -0.25) is 0 Å². The molecule has 0 saturated carbocycles. The highest BCUT2D eigenvalue weighted by Gasteiger charge is 2.24. The SMILES string of the molecule is c1ccc(-n2c3ccccc3c3cc(-c4ccc5c(c4)c4ccccc4n5-c4ccc5c(c4)sc4ccccc45)ccc32)cc1.c1ccc(-n2c3ccccc3c3cc(-c4ccc5c(c4)c4ccccc4n5-c4ccc5sc6ccccc6c5c4)ccc32)cc1.c1ccc(-n2c3ccccc3c3cc(-c4ccc5c(c4)c4ccccc4n5-c4cccc5c4sc4ccccc45)ccc32)cc1. The van der Waals surface area contributed by atoms with Crippen LogP contribution in [0.25, 0.3) is 259 Å². The summed E-state index contributed by atoms with van der Waals surface area (Å²) in [4.78, 5) is 0. The second kappa shape index (κ2) is 30.9. The zero-order valence-electron chi connectivity index (χ0n) is 72.9. The minimum absolute atomic E-state index is 1.18. The highest BCUT2D eigenvalue weighted by Crippen LogP contribution is 2.48. The molecule has 0 unspecified atom stereocenters. The number of hydrogen-bond donors (Lipinski definition) is 0. The van der Waals surface area contributed by atoms with Crippen molar-refractivity contribution in [2.75, 3.05) is 0 Å². The molecule has 0 fully saturated rings. The summed E-state index contributed by atoms with van der Waals surface area (Å²) in [6.07, 6.45) is 0. The molecule has 0 saturated heterocycles. The molecule has 0 aliphatic rings. The Morgan fingerprint density at radius 3 is 0.733 bits per heavy atom. The zero-order chi connectivity index (χ0) is 88.5. The molecule has 30 rings (SSSR count). The average molecular weight is 1770 g/mol. The zero-order valence-corrected chi connectivity index (χ0v) is 75.4. The lowest BCUT2D eigenvalue weighted by Crippen LogP contribution is -1.94. The second-order valence-electron chi connectivity index (χ2n) is 35.3. The molecule has 30 aromatic rings. The summed E-state index contributed by atoms with van der Waals surface area (Å²) >= 11 is 5.62. The molecule has 0 aliphatic carbocycles. The smallest absolute Gasteiger partial charge is 0.0640 e. The van der Waals surface area contributed by atoms with Gasteiger partial charge in [0.2, 0.25) is 0 Å². The predicted octanol–water partition coefficient (Wildman–Crippen LogP) is 35.7. The summed E-state index contributed by atoms with van der Waals surface area (Å²) in [6.45, 7) is 0. The number of thiophene rings is 3. The molecule has 6 nitrogen and oxygen atoms in total. The van der Waals surface area contributed by atoms with E-state index in [0.717, 1.165) is 0 Å². The Kier molecular flexibility index (Phi) is 17.6. The van der Waals surface area contributed by atoms with Crippen LogP contribution in [0.3, 0.4) is 0 Å². The fourth-order valence-electron chi connectivity index (χ4n) is 21.9. The van der Waals surface area contributed by atoms with Crippen molar-refractivity contribution < 1.29 is 0 Å². The van der Waals surface area contributed by atoms with Crippen molar-refractivity contribution in [3.05, 3.63) is 473 Å². The van der Waals surface area contributed by atoms with Crippen LogP contribution in [-0.4, -0.2) is 27.4 Å². The van der Waals surface area contributed by atoms with Crippen LogP contribution in [0.4, 0.5) is 0 Å². The third kappa shape index (κ3) is 12.2. The van der Waals surface area contributed by atoms with E-state index in [2.05, 4.69) is 501 Å². The molecular formula is C126H78N6S3. The molecule has 0 spiro atoms. The van der Waals surface area contributed by atoms with E-state index in [1.54, 1.807) is 0 Å². The lowest BCUT2D eigenvalue weighted by Gasteiger charge is -2.10. The summed E-state index contributed by atoms with van der Waals surface area (Å²) in [5.74, 6) is 0. The largest absolute Gasteiger partial charge is 0.309 e. The van der Waals surface area contributed by atoms with Gasteiger partial charge < -0.3 is 27.4 Å². The Bertz CT molecular complexity index is 10100. The van der Waals surface area contributed by atoms with Gasteiger partial charge >= 0.3 is 0 Å². The van der Waals surface area contributed by atoms with Crippen LogP contribution in [0.15, 0.2) is 473 Å². The minimum atomic E-state index is 1.18. The Hall–Kier alpha value is -16.9. The van der Waals surface area contributed by atoms with Gasteiger partial charge in [-0.1, -0.05) is 273 Å². The van der Waals surface area contributed by atoms with Gasteiger partial charge in [0, 0.05) is 149 Å². The Morgan fingerprint density at radius 1 is 0.119 bits per heavy atom. The predicted molar refractivity (Wildman–Crippen MR) is 580 cm³/mol. The van der Waals surface area contributed by atoms with E-state index in [4.69, 9.17) is 0 Å². The quantitative estimate of drug-likeness (QED) is 0.138. The van der Waals surface area contributed by atoms with Gasteiger partial charge in [-0.2, -0.15) is 0 Å². The van der Waals surface area contributed by atoms with E-state index in [1.165, 1.54) is 259 Å². The number of nitrogens with zero attached hydrogens (tertiary/aromatic N) is 6. The Labute approximate surface area is 787 Å². The van der Waals surface area contributed by atoms with E-state index in [-0.39, 0.29) is 0 Å². The van der Waals surface area contributed by atoms with Gasteiger partial charge in [-0.15, -0.1) is 34.0 Å². The first-order valence-electron chi connectivity index (χ1n) is 46.1. The highest BCUT2D eigenvalue weighted by atomic mass is 32.1. The highest BCUT2D eigenvalue weighted by molar-refractivity contribution is 7.26. The molecular weight excluding hydrogens is 1690 g/mol. The summed E-state index contributed by atoms with van der Waals surface area (Å²) in [7, 11) is 0. The van der Waals surface area contributed by atoms with Gasteiger partial charge in [-0.25, -0.2) is 0 Å². The normalized spacial score (nSPS) is 12.0. The Balaban J connectivity index is 0.000000101. The first kappa shape index (κ1) is 76.9. The Morgan fingerprint density at radius 2 is 0.363 bits per heavy atom. The molecule has 0 N–H and O–H groups in total. The second-order valence-corrected chi connectivity index (χ2v) is 38.5. The summed E-state index contributed by atoms with van der Waals surface area (Å²) in [6, 6.07) is 173. The van der Waals surface area contributed by atoms with Crippen LogP contribution < -0.4 is 0 Å². The van der Waals surface area contributed by atoms with Crippen molar-refractivity contribution in [1.82, 2.24) is 27.4 Å². The number of benzene rings is 21. The number of hydrogen-bond acceptors (Lipinski definition) is 3. The van der Waals surface area contributed by atoms with E-state index < -0.39 is 0 Å². The van der Waals surface area contributed by atoms with Gasteiger partial charge in [-0.05, 0) is 234 Å². The van der Waals surface area contributed by atoms with Gasteiger partial charge in [0.15, 0.2) is 0 Å². The fourth-order valence-corrected chi connectivity index (χ4v) is 25.3. The third-order valence-corrected chi connectivity index (χ3v) is 31.4. The fraction of sp³-hybridized carbons (Fsp3) is 0. The monoisotopic (exact) mass is 1770 g/mol. The van der Waals surface area contributed by atoms with E-state index >= 15 is 0 Å². The van der Waals surface area contributed by atoms with Crippen molar-refractivity contribution in [2.24, 2.45) is 0 Å². The molecule has 0 radical (unpaired) electrons. The molecule has 0 bridgehead atoms. The van der Waals surface area contributed by atoms with Gasteiger partial charge in [0.1, 0.15) is 0 Å². The summed E-state index contributed by atoms with van der Waals surface area (Å²) in [5, 5.41) is 23.2. The molecule has 0 amide bonds. The number of aromatic nitrogens is 6. The van der Waals surface area contributed by atoms with Crippen LogP contribution >= 0.6 is 34.0 Å². The number of para-hydroxylation sites is 9. The van der Waals surface area contributed by atoms with Crippen LogP contribution in [0.1, 0.15) is 0 Å². The van der Waals surface area contributed by atoms with Crippen molar-refractivity contribution in [1.29, 1.82) is 0 Å². The van der Waals surface area contributed by atoms with Crippen LogP contribution in [0.2, 0.25) is 0 Å². The van der Waals surface area contributed by atoms with Crippen LogP contribution in [-0.2, 0) is 0 Å². The average Bonchev–Trinajstić information content (AvgIpc) is 1.56. The number of fused-ring (bicyclic) bond motifs is 27. The maximum atomic E-state index is 2.46. The lowest BCUT2D eigenvalue weighted by molar-refractivity contribution is 1.18. The molecule has 21 aromatic carbocycles. The van der Waals surface area contributed by atoms with Crippen molar-refractivity contribution in [3.63, 3.8) is 0 Å². The van der Waals surface area contributed by atoms with E-state index in [0.29, 0.717) is 0 Å². The van der Waals surface area contributed by atoms with E-state index in [9.17, 15) is 0 Å². The summed E-state index contributed by atoms with van der Waals surface area (Å²) < 4.78 is 22.4. The first-order chi connectivity index (χ1) is 67.0. The molecule has 630 valence electrons. The molecule has 9 heteroatoms. The molecule has 0 aliphatic heterocycles. The van der Waals surface area contributed by atoms with Gasteiger partial charge in [0.05, 0.1) is 76.6 Å². The molecule has 0 atom stereocenters. The van der Waals surface area contributed by atoms with Gasteiger partial charge in [0.25, 0.3) is 0 Å².